The van der Waals surface area contributed by atoms with Crippen LogP contribution in [0.3, 0.4) is 0 Å². The third-order valence-electron chi connectivity index (χ3n) is 3.54. The highest BCUT2D eigenvalue weighted by atomic mass is 16.5. The van der Waals surface area contributed by atoms with Crippen molar-refractivity contribution in [2.24, 2.45) is 0 Å². The molecule has 0 aliphatic carbocycles. The summed E-state index contributed by atoms with van der Waals surface area (Å²) in [7, 11) is 3.23. The Balaban J connectivity index is 2.30. The van der Waals surface area contributed by atoms with Gasteiger partial charge in [-0.15, -0.1) is 0 Å². The number of nitrogens with zero attached hydrogens (tertiary/aromatic N) is 3. The summed E-state index contributed by atoms with van der Waals surface area (Å²) in [5.41, 5.74) is 3.19. The third kappa shape index (κ3) is 2.25. The first-order valence-electron chi connectivity index (χ1n) is 6.83. The van der Waals surface area contributed by atoms with E-state index in [0.29, 0.717) is 5.75 Å². The first kappa shape index (κ1) is 14.0. The van der Waals surface area contributed by atoms with Crippen LogP contribution >= 0.6 is 0 Å². The molecule has 110 valence electrons. The molecule has 1 aromatic carbocycles. The van der Waals surface area contributed by atoms with Gasteiger partial charge < -0.3 is 13.9 Å². The van der Waals surface area contributed by atoms with Crippen LogP contribution in [0, 0.1) is 11.3 Å². The molecule has 0 N–H and O–H groups in total. The predicted octanol–water partition coefficient (Wildman–Crippen LogP) is 3.08. The average molecular weight is 293 g/mol. The number of imidazole rings is 1. The number of pyridine rings is 1. The summed E-state index contributed by atoms with van der Waals surface area (Å²) in [5.74, 6) is 1.42. The lowest BCUT2D eigenvalue weighted by Crippen LogP contribution is -1.95. The highest BCUT2D eigenvalue weighted by Gasteiger charge is 2.17. The molecule has 3 rings (SSSR count). The number of fused-ring (bicyclic) bond motifs is 1. The Kier molecular flexibility index (Phi) is 3.67. The Morgan fingerprint density at radius 2 is 2.05 bits per heavy atom. The number of aromatic nitrogens is 2. The van der Waals surface area contributed by atoms with Gasteiger partial charge in [0.1, 0.15) is 17.1 Å². The molecule has 0 fully saturated rings. The van der Waals surface area contributed by atoms with Crippen LogP contribution < -0.4 is 9.47 Å². The van der Waals surface area contributed by atoms with Crippen LogP contribution in [0.1, 0.15) is 5.69 Å². The van der Waals surface area contributed by atoms with E-state index in [1.54, 1.807) is 14.2 Å². The maximum absolute atomic E-state index is 9.15. The van der Waals surface area contributed by atoms with E-state index < -0.39 is 0 Å². The van der Waals surface area contributed by atoms with Gasteiger partial charge in [-0.25, -0.2) is 4.98 Å². The van der Waals surface area contributed by atoms with Crippen molar-refractivity contribution < 1.29 is 9.47 Å². The van der Waals surface area contributed by atoms with Crippen LogP contribution in [-0.2, 0) is 6.42 Å². The quantitative estimate of drug-likeness (QED) is 0.741. The first-order valence-corrected chi connectivity index (χ1v) is 6.83. The molecule has 0 atom stereocenters. The minimum Gasteiger partial charge on any atom is -0.497 e. The molecule has 0 saturated carbocycles. The second-order valence-electron chi connectivity index (χ2n) is 4.74. The Morgan fingerprint density at radius 1 is 1.18 bits per heavy atom. The van der Waals surface area contributed by atoms with E-state index in [-0.39, 0.29) is 6.42 Å². The van der Waals surface area contributed by atoms with Crippen molar-refractivity contribution in [1.29, 1.82) is 5.26 Å². The van der Waals surface area contributed by atoms with Crippen molar-refractivity contribution in [1.82, 2.24) is 9.38 Å². The van der Waals surface area contributed by atoms with Crippen LogP contribution in [0.25, 0.3) is 16.9 Å². The molecule has 0 unspecified atom stereocenters. The van der Waals surface area contributed by atoms with E-state index in [2.05, 4.69) is 11.1 Å². The van der Waals surface area contributed by atoms with Crippen LogP contribution in [0.4, 0.5) is 0 Å². The van der Waals surface area contributed by atoms with Crippen LogP contribution in [-0.4, -0.2) is 23.6 Å². The number of ether oxygens (including phenoxy) is 2. The normalized spacial score (nSPS) is 10.4. The number of hydrogen-bond acceptors (Lipinski definition) is 4. The van der Waals surface area contributed by atoms with E-state index >= 15 is 0 Å². The van der Waals surface area contributed by atoms with Gasteiger partial charge in [0, 0.05) is 11.8 Å². The van der Waals surface area contributed by atoms with Crippen molar-refractivity contribution in [3.05, 3.63) is 48.3 Å². The van der Waals surface area contributed by atoms with Crippen molar-refractivity contribution in [3.63, 3.8) is 0 Å². The summed E-state index contributed by atoms with van der Waals surface area (Å²) in [6.45, 7) is 0. The van der Waals surface area contributed by atoms with E-state index in [0.717, 1.165) is 28.3 Å². The molecule has 0 spiro atoms. The largest absolute Gasteiger partial charge is 0.497 e. The van der Waals surface area contributed by atoms with Gasteiger partial charge in [-0.3, -0.25) is 0 Å². The second kappa shape index (κ2) is 5.78. The van der Waals surface area contributed by atoms with Crippen LogP contribution in [0.15, 0.2) is 42.6 Å². The Bertz CT molecular complexity index is 862. The van der Waals surface area contributed by atoms with Gasteiger partial charge in [0.15, 0.2) is 0 Å². The summed E-state index contributed by atoms with van der Waals surface area (Å²) in [4.78, 5) is 4.66. The summed E-state index contributed by atoms with van der Waals surface area (Å²) < 4.78 is 12.7. The van der Waals surface area contributed by atoms with Gasteiger partial charge in [0.05, 0.1) is 38.1 Å². The van der Waals surface area contributed by atoms with Crippen molar-refractivity contribution in [3.8, 4) is 28.8 Å². The summed E-state index contributed by atoms with van der Waals surface area (Å²) >= 11 is 0. The number of methoxy groups -OCH3 is 2. The lowest BCUT2D eigenvalue weighted by atomic mass is 10.1. The minimum atomic E-state index is 0.265. The molecule has 5 heteroatoms. The molecular weight excluding hydrogens is 278 g/mol. The lowest BCUT2D eigenvalue weighted by molar-refractivity contribution is 0.404. The first-order chi connectivity index (χ1) is 10.8. The highest BCUT2D eigenvalue weighted by Crippen LogP contribution is 2.35. The van der Waals surface area contributed by atoms with Crippen molar-refractivity contribution in [2.45, 2.75) is 6.42 Å². The molecule has 0 aliphatic rings. The van der Waals surface area contributed by atoms with Crippen molar-refractivity contribution >= 4 is 5.65 Å². The zero-order chi connectivity index (χ0) is 15.5. The van der Waals surface area contributed by atoms with E-state index in [9.17, 15) is 0 Å². The Hall–Kier alpha value is -3.00. The standard InChI is InChI=1S/C17H15N3O2/c1-21-12-6-7-15(22-2)13(11-12)17-14(8-9-18)20-10-4-3-5-16(20)19-17/h3-7,10-11H,8H2,1-2H3. The zero-order valence-corrected chi connectivity index (χ0v) is 12.4. The average Bonchev–Trinajstić information content (AvgIpc) is 2.93. The number of hydrogen-bond donors (Lipinski definition) is 0. The number of rotatable bonds is 4. The van der Waals surface area contributed by atoms with E-state index in [4.69, 9.17) is 14.7 Å². The van der Waals surface area contributed by atoms with Crippen LogP contribution in [0.2, 0.25) is 0 Å². The lowest BCUT2D eigenvalue weighted by Gasteiger charge is -2.10. The molecule has 5 nitrogen and oxygen atoms in total. The summed E-state index contributed by atoms with van der Waals surface area (Å²) in [6.07, 6.45) is 2.17. The maximum atomic E-state index is 9.15. The number of benzene rings is 1. The van der Waals surface area contributed by atoms with Gasteiger partial charge >= 0.3 is 0 Å². The molecule has 2 aromatic heterocycles. The molecule has 0 amide bonds. The van der Waals surface area contributed by atoms with Crippen molar-refractivity contribution in [2.75, 3.05) is 14.2 Å². The van der Waals surface area contributed by atoms with Gasteiger partial charge in [-0.05, 0) is 30.3 Å². The predicted molar refractivity (Wildman–Crippen MR) is 83.0 cm³/mol. The number of nitriles is 1. The van der Waals surface area contributed by atoms with Gasteiger partial charge in [-0.2, -0.15) is 5.26 Å². The maximum Gasteiger partial charge on any atom is 0.137 e. The molecule has 2 heterocycles. The molecule has 0 aliphatic heterocycles. The molecular formula is C17H15N3O2. The second-order valence-corrected chi connectivity index (χ2v) is 4.74. The van der Waals surface area contributed by atoms with Crippen LogP contribution in [0.5, 0.6) is 11.5 Å². The zero-order valence-electron chi connectivity index (χ0n) is 12.4. The highest BCUT2D eigenvalue weighted by molar-refractivity contribution is 5.74. The minimum absolute atomic E-state index is 0.265. The van der Waals surface area contributed by atoms with Gasteiger partial charge in [0.25, 0.3) is 0 Å². The Morgan fingerprint density at radius 3 is 2.77 bits per heavy atom. The topological polar surface area (TPSA) is 59.6 Å². The monoisotopic (exact) mass is 293 g/mol. The van der Waals surface area contributed by atoms with E-state index in [1.807, 2.05) is 47.0 Å². The summed E-state index contributed by atoms with van der Waals surface area (Å²) in [6, 6.07) is 13.5. The SMILES string of the molecule is COc1ccc(OC)c(-c2nc3ccccn3c2CC#N)c1. The third-order valence-corrected chi connectivity index (χ3v) is 3.54. The van der Waals surface area contributed by atoms with Gasteiger partial charge in [-0.1, -0.05) is 6.07 Å². The fraction of sp³-hybridized carbons (Fsp3) is 0.176. The molecule has 0 saturated heterocycles. The molecule has 3 aromatic rings. The fourth-order valence-corrected chi connectivity index (χ4v) is 2.51. The smallest absolute Gasteiger partial charge is 0.137 e. The summed E-state index contributed by atoms with van der Waals surface area (Å²) in [5, 5.41) is 9.15. The molecule has 0 bridgehead atoms. The fourth-order valence-electron chi connectivity index (χ4n) is 2.51. The van der Waals surface area contributed by atoms with E-state index in [1.165, 1.54) is 0 Å². The van der Waals surface area contributed by atoms with Gasteiger partial charge in [0.2, 0.25) is 0 Å². The molecule has 22 heavy (non-hydrogen) atoms. The Labute approximate surface area is 128 Å². The molecule has 0 radical (unpaired) electrons.